The molecule has 0 bridgehead atoms. The molecule has 1 aromatic rings. The van der Waals surface area contributed by atoms with Crippen molar-refractivity contribution in [2.24, 2.45) is 5.92 Å². The summed E-state index contributed by atoms with van der Waals surface area (Å²) in [4.78, 5) is 0. The quantitative estimate of drug-likeness (QED) is 0.721. The van der Waals surface area contributed by atoms with Crippen LogP contribution in [0.25, 0.3) is 0 Å². The molecule has 26 heavy (non-hydrogen) atoms. The standard InChI is InChI=1S/C19H34N4O2S/c1-3-18-6-8-19(9-7-18)15-22-26(24,25)23-13-5-12-20-10-4-11-21-14-17(2)16-23/h6-9,17,20-22H,3-5,10-16H2,1-2H3. The number of hydrogen-bond donors (Lipinski definition) is 3. The van der Waals surface area contributed by atoms with Crippen LogP contribution in [-0.2, 0) is 23.2 Å². The second-order valence-electron chi connectivity index (χ2n) is 7.12. The van der Waals surface area contributed by atoms with E-state index in [1.165, 1.54) is 5.56 Å². The predicted molar refractivity (Wildman–Crippen MR) is 107 cm³/mol. The van der Waals surface area contributed by atoms with E-state index in [4.69, 9.17) is 0 Å². The maximum atomic E-state index is 12.8. The van der Waals surface area contributed by atoms with Crippen LogP contribution in [0.3, 0.4) is 0 Å². The van der Waals surface area contributed by atoms with Gasteiger partial charge in [0.2, 0.25) is 0 Å². The van der Waals surface area contributed by atoms with E-state index in [1.54, 1.807) is 4.31 Å². The van der Waals surface area contributed by atoms with Crippen LogP contribution in [0.2, 0.25) is 0 Å². The molecule has 1 fully saturated rings. The summed E-state index contributed by atoms with van der Waals surface area (Å²) in [5, 5.41) is 6.78. The second-order valence-corrected chi connectivity index (χ2v) is 8.88. The Morgan fingerprint density at radius 1 is 1.08 bits per heavy atom. The Hall–Kier alpha value is -0.990. The van der Waals surface area contributed by atoms with Crippen LogP contribution >= 0.6 is 0 Å². The molecule has 1 aliphatic heterocycles. The van der Waals surface area contributed by atoms with Crippen LogP contribution in [0.15, 0.2) is 24.3 Å². The van der Waals surface area contributed by atoms with Crippen molar-refractivity contribution in [3.05, 3.63) is 35.4 Å². The lowest BCUT2D eigenvalue weighted by molar-refractivity contribution is 0.331. The molecule has 0 aromatic heterocycles. The van der Waals surface area contributed by atoms with Gasteiger partial charge in [-0.05, 0) is 62.5 Å². The zero-order valence-corrected chi connectivity index (χ0v) is 16.9. The number of rotatable bonds is 5. The summed E-state index contributed by atoms with van der Waals surface area (Å²) in [7, 11) is -3.49. The summed E-state index contributed by atoms with van der Waals surface area (Å²) in [6.07, 6.45) is 2.92. The Balaban J connectivity index is 1.96. The first-order valence-corrected chi connectivity index (χ1v) is 11.2. The molecular formula is C19H34N4O2S. The Bertz CT molecular complexity index is 619. The Morgan fingerprint density at radius 3 is 2.46 bits per heavy atom. The zero-order valence-electron chi connectivity index (χ0n) is 16.1. The minimum atomic E-state index is -3.49. The third-order valence-electron chi connectivity index (χ3n) is 4.71. The summed E-state index contributed by atoms with van der Waals surface area (Å²) >= 11 is 0. The van der Waals surface area contributed by atoms with Gasteiger partial charge in [-0.1, -0.05) is 38.1 Å². The van der Waals surface area contributed by atoms with E-state index in [2.05, 4.69) is 41.3 Å². The van der Waals surface area contributed by atoms with Crippen LogP contribution in [0.4, 0.5) is 0 Å². The first kappa shape index (κ1) is 21.3. The fourth-order valence-corrected chi connectivity index (χ4v) is 4.42. The molecule has 0 saturated carbocycles. The number of nitrogens with one attached hydrogen (secondary N) is 3. The van der Waals surface area contributed by atoms with E-state index >= 15 is 0 Å². The number of aryl methyl sites for hydroxylation is 1. The van der Waals surface area contributed by atoms with Crippen LogP contribution < -0.4 is 15.4 Å². The van der Waals surface area contributed by atoms with Crippen molar-refractivity contribution < 1.29 is 8.42 Å². The van der Waals surface area contributed by atoms with Crippen LogP contribution in [0.1, 0.15) is 37.8 Å². The number of nitrogens with zero attached hydrogens (tertiary/aromatic N) is 1. The molecular weight excluding hydrogens is 348 g/mol. The molecule has 7 heteroatoms. The molecule has 1 atom stereocenters. The smallest absolute Gasteiger partial charge is 0.279 e. The zero-order chi connectivity index (χ0) is 18.8. The van der Waals surface area contributed by atoms with Gasteiger partial charge in [0.25, 0.3) is 10.2 Å². The fraction of sp³-hybridized carbons (Fsp3) is 0.684. The highest BCUT2D eigenvalue weighted by molar-refractivity contribution is 7.87. The monoisotopic (exact) mass is 382 g/mol. The lowest BCUT2D eigenvalue weighted by atomic mass is 10.1. The van der Waals surface area contributed by atoms with Crippen molar-refractivity contribution in [1.82, 2.24) is 19.7 Å². The van der Waals surface area contributed by atoms with E-state index in [0.717, 1.165) is 51.0 Å². The molecule has 0 aliphatic carbocycles. The summed E-state index contributed by atoms with van der Waals surface area (Å²) in [5.74, 6) is 0.280. The summed E-state index contributed by atoms with van der Waals surface area (Å²) < 4.78 is 30.0. The Kier molecular flexibility index (Phi) is 9.01. The van der Waals surface area contributed by atoms with Crippen molar-refractivity contribution in [1.29, 1.82) is 0 Å². The molecule has 0 amide bonds. The van der Waals surface area contributed by atoms with Gasteiger partial charge in [0.1, 0.15) is 0 Å². The van der Waals surface area contributed by atoms with Crippen molar-refractivity contribution in [2.75, 3.05) is 39.3 Å². The molecule has 0 spiro atoms. The van der Waals surface area contributed by atoms with Crippen molar-refractivity contribution >= 4 is 10.2 Å². The van der Waals surface area contributed by atoms with Gasteiger partial charge in [-0.2, -0.15) is 17.4 Å². The minimum Gasteiger partial charge on any atom is -0.317 e. The second kappa shape index (κ2) is 11.0. The molecule has 1 unspecified atom stereocenters. The number of benzene rings is 1. The summed E-state index contributed by atoms with van der Waals surface area (Å²) in [6.45, 7) is 9.24. The molecule has 1 aromatic carbocycles. The first-order chi connectivity index (χ1) is 12.5. The summed E-state index contributed by atoms with van der Waals surface area (Å²) in [6, 6.07) is 8.10. The highest BCUT2D eigenvalue weighted by Gasteiger charge is 2.23. The van der Waals surface area contributed by atoms with Gasteiger partial charge in [-0.25, -0.2) is 0 Å². The van der Waals surface area contributed by atoms with Crippen LogP contribution in [0.5, 0.6) is 0 Å². The largest absolute Gasteiger partial charge is 0.317 e. The van der Waals surface area contributed by atoms with Gasteiger partial charge in [0, 0.05) is 19.6 Å². The fourth-order valence-electron chi connectivity index (χ4n) is 3.07. The highest BCUT2D eigenvalue weighted by atomic mass is 32.2. The Labute approximate surface area is 158 Å². The van der Waals surface area contributed by atoms with Gasteiger partial charge in [0.05, 0.1) is 0 Å². The van der Waals surface area contributed by atoms with E-state index in [-0.39, 0.29) is 5.92 Å². The van der Waals surface area contributed by atoms with Crippen molar-refractivity contribution in [3.8, 4) is 0 Å². The molecule has 1 aliphatic rings. The average molecular weight is 383 g/mol. The lowest BCUT2D eigenvalue weighted by Gasteiger charge is -2.26. The van der Waals surface area contributed by atoms with E-state index < -0.39 is 10.2 Å². The normalized spacial score (nSPS) is 21.7. The van der Waals surface area contributed by atoms with E-state index in [9.17, 15) is 8.42 Å². The van der Waals surface area contributed by atoms with Gasteiger partial charge in [-0.3, -0.25) is 0 Å². The Morgan fingerprint density at radius 2 is 1.73 bits per heavy atom. The van der Waals surface area contributed by atoms with Crippen LogP contribution in [0, 0.1) is 5.92 Å². The minimum absolute atomic E-state index is 0.280. The van der Waals surface area contributed by atoms with Gasteiger partial charge >= 0.3 is 0 Å². The maximum absolute atomic E-state index is 12.8. The van der Waals surface area contributed by atoms with Gasteiger partial charge in [-0.15, -0.1) is 0 Å². The molecule has 148 valence electrons. The predicted octanol–water partition coefficient (Wildman–Crippen LogP) is 1.49. The lowest BCUT2D eigenvalue weighted by Crippen LogP contribution is -2.45. The van der Waals surface area contributed by atoms with Gasteiger partial charge in [0.15, 0.2) is 0 Å². The SMILES string of the molecule is CCc1ccc(CNS(=O)(=O)N2CCCNCCCNCC(C)C2)cc1. The van der Waals surface area contributed by atoms with Crippen LogP contribution in [-0.4, -0.2) is 52.0 Å². The topological polar surface area (TPSA) is 73.5 Å². The molecule has 1 heterocycles. The molecule has 2 rings (SSSR count). The third kappa shape index (κ3) is 7.32. The van der Waals surface area contributed by atoms with Crippen molar-refractivity contribution in [2.45, 2.75) is 39.7 Å². The van der Waals surface area contributed by atoms with Gasteiger partial charge < -0.3 is 10.6 Å². The molecule has 3 N–H and O–H groups in total. The summed E-state index contributed by atoms with van der Waals surface area (Å²) in [5.41, 5.74) is 2.24. The highest BCUT2D eigenvalue weighted by Crippen LogP contribution is 2.09. The maximum Gasteiger partial charge on any atom is 0.279 e. The third-order valence-corrected chi connectivity index (χ3v) is 6.23. The average Bonchev–Trinajstić information content (AvgIpc) is 2.63. The van der Waals surface area contributed by atoms with E-state index in [1.807, 2.05) is 12.1 Å². The molecule has 1 saturated heterocycles. The molecule has 0 radical (unpaired) electrons. The number of hydrogen-bond acceptors (Lipinski definition) is 4. The van der Waals surface area contributed by atoms with Crippen molar-refractivity contribution in [3.63, 3.8) is 0 Å². The van der Waals surface area contributed by atoms with E-state index in [0.29, 0.717) is 19.6 Å². The first-order valence-electron chi connectivity index (χ1n) is 9.75. The molecule has 6 nitrogen and oxygen atoms in total.